The first-order valence-electron chi connectivity index (χ1n) is 5.48. The maximum Gasteiger partial charge on any atom is 0.419 e. The first-order chi connectivity index (χ1) is 8.88. The summed E-state index contributed by atoms with van der Waals surface area (Å²) in [6, 6.07) is 3.13. The summed E-state index contributed by atoms with van der Waals surface area (Å²) in [6.45, 7) is 0.587. The van der Waals surface area contributed by atoms with Crippen molar-refractivity contribution in [3.05, 3.63) is 29.3 Å². The number of halogens is 3. The topological polar surface area (TPSA) is 55.8 Å². The van der Waals surface area contributed by atoms with Crippen molar-refractivity contribution in [3.63, 3.8) is 0 Å². The van der Waals surface area contributed by atoms with Crippen molar-refractivity contribution in [3.8, 4) is 5.75 Å². The van der Waals surface area contributed by atoms with Crippen LogP contribution in [0.5, 0.6) is 5.75 Å². The molecule has 4 nitrogen and oxygen atoms in total. The zero-order valence-corrected chi connectivity index (χ0v) is 10.2. The number of carbonyl (C=O) groups excluding carboxylic acids is 1. The van der Waals surface area contributed by atoms with Gasteiger partial charge in [0.1, 0.15) is 5.75 Å². The fraction of sp³-hybridized carbons (Fsp3) is 0.417. The summed E-state index contributed by atoms with van der Waals surface area (Å²) in [5, 5.41) is 8.82. The monoisotopic (exact) mass is 278 g/mol. The van der Waals surface area contributed by atoms with Crippen LogP contribution >= 0.6 is 0 Å². The van der Waals surface area contributed by atoms with Gasteiger partial charge in [0.2, 0.25) is 0 Å². The molecule has 0 amide bonds. The molecule has 19 heavy (non-hydrogen) atoms. The predicted molar refractivity (Wildman–Crippen MR) is 59.5 cm³/mol. The number of hydrogen-bond acceptors (Lipinski definition) is 4. The van der Waals surface area contributed by atoms with Crippen LogP contribution in [0.1, 0.15) is 18.1 Å². The van der Waals surface area contributed by atoms with Crippen LogP contribution in [-0.4, -0.2) is 24.3 Å². The van der Waals surface area contributed by atoms with Gasteiger partial charge in [0.05, 0.1) is 18.8 Å². The van der Waals surface area contributed by atoms with Crippen molar-refractivity contribution in [1.82, 2.24) is 0 Å². The van der Waals surface area contributed by atoms with Crippen LogP contribution in [0.15, 0.2) is 18.2 Å². The highest BCUT2D eigenvalue weighted by atomic mass is 19.4. The molecule has 1 aromatic rings. The molecule has 106 valence electrons. The largest absolute Gasteiger partial charge is 0.481 e. The Morgan fingerprint density at radius 3 is 2.58 bits per heavy atom. The highest BCUT2D eigenvalue weighted by Gasteiger charge is 2.34. The molecule has 0 radical (unpaired) electrons. The molecule has 0 heterocycles. The third kappa shape index (κ3) is 4.44. The van der Waals surface area contributed by atoms with Gasteiger partial charge in [0.25, 0.3) is 0 Å². The molecule has 0 fully saturated rings. The summed E-state index contributed by atoms with van der Waals surface area (Å²) in [5.41, 5.74) is -0.931. The Morgan fingerprint density at radius 1 is 1.37 bits per heavy atom. The second-order valence-corrected chi connectivity index (χ2v) is 3.58. The summed E-state index contributed by atoms with van der Waals surface area (Å²) in [4.78, 5) is 11.0. The lowest BCUT2D eigenvalue weighted by molar-refractivity contribution is -0.147. The summed E-state index contributed by atoms with van der Waals surface area (Å²) in [5.74, 6) is -1.22. The molecule has 1 aromatic carbocycles. The van der Waals surface area contributed by atoms with E-state index in [1.54, 1.807) is 6.92 Å². The molecule has 0 aliphatic heterocycles. The molecular formula is C12H13F3O4. The Balaban J connectivity index is 2.91. The van der Waals surface area contributed by atoms with Crippen LogP contribution in [-0.2, 0) is 22.3 Å². The number of benzene rings is 1. The van der Waals surface area contributed by atoms with E-state index >= 15 is 0 Å². The van der Waals surface area contributed by atoms with Gasteiger partial charge < -0.3 is 14.6 Å². The third-order valence-electron chi connectivity index (χ3n) is 2.18. The first kappa shape index (κ1) is 15.3. The number of carbonyl (C=O) groups is 1. The Hall–Kier alpha value is -1.76. The van der Waals surface area contributed by atoms with Crippen molar-refractivity contribution >= 4 is 5.97 Å². The molecule has 1 N–H and O–H groups in total. The molecule has 0 aliphatic carbocycles. The maximum atomic E-state index is 12.8. The molecule has 0 unspecified atom stereocenters. The first-order valence-corrected chi connectivity index (χ1v) is 5.48. The average Bonchev–Trinajstić information content (AvgIpc) is 2.35. The van der Waals surface area contributed by atoms with E-state index in [1.165, 1.54) is 6.07 Å². The number of esters is 1. The zero-order valence-electron chi connectivity index (χ0n) is 10.2. The second kappa shape index (κ2) is 6.42. The number of ether oxygens (including phenoxy) is 2. The van der Waals surface area contributed by atoms with Crippen molar-refractivity contribution in [2.24, 2.45) is 0 Å². The van der Waals surface area contributed by atoms with Gasteiger partial charge in [-0.1, -0.05) is 6.07 Å². The number of hydrogen-bond donors (Lipinski definition) is 1. The molecule has 1 rings (SSSR count). The summed E-state index contributed by atoms with van der Waals surface area (Å²) in [7, 11) is 0. The predicted octanol–water partition coefficient (Wildman–Crippen LogP) is 2.14. The molecule has 7 heteroatoms. The lowest BCUT2D eigenvalue weighted by Crippen LogP contribution is -2.17. The van der Waals surface area contributed by atoms with Crippen LogP contribution in [0.3, 0.4) is 0 Å². The quantitative estimate of drug-likeness (QED) is 0.838. The van der Waals surface area contributed by atoms with Crippen LogP contribution in [0.4, 0.5) is 13.2 Å². The van der Waals surface area contributed by atoms with Gasteiger partial charge >= 0.3 is 12.1 Å². The van der Waals surface area contributed by atoms with Gasteiger partial charge in [0.15, 0.2) is 6.61 Å². The van der Waals surface area contributed by atoms with E-state index in [1.807, 2.05) is 0 Å². The second-order valence-electron chi connectivity index (χ2n) is 3.58. The van der Waals surface area contributed by atoms with Crippen LogP contribution in [0.2, 0.25) is 0 Å². The van der Waals surface area contributed by atoms with Gasteiger partial charge in [0, 0.05) is 0 Å². The molecule has 0 atom stereocenters. The van der Waals surface area contributed by atoms with Crippen LogP contribution < -0.4 is 4.74 Å². The summed E-state index contributed by atoms with van der Waals surface area (Å²) >= 11 is 0. The minimum atomic E-state index is -4.63. The Bertz CT molecular complexity index is 443. The standard InChI is InChI=1S/C12H13F3O4/c1-2-18-11(17)7-19-10-4-3-8(6-16)5-9(10)12(13,14)15/h3-5,16H,2,6-7H2,1H3. The highest BCUT2D eigenvalue weighted by Crippen LogP contribution is 2.36. The average molecular weight is 278 g/mol. The molecular weight excluding hydrogens is 265 g/mol. The van der Waals surface area contributed by atoms with E-state index in [0.717, 1.165) is 12.1 Å². The Labute approximate surface area is 107 Å². The normalized spacial score (nSPS) is 11.2. The lowest BCUT2D eigenvalue weighted by Gasteiger charge is -2.14. The van der Waals surface area contributed by atoms with Crippen LogP contribution in [0.25, 0.3) is 0 Å². The Kier molecular flexibility index (Phi) is 5.17. The van der Waals surface area contributed by atoms with E-state index in [2.05, 4.69) is 4.74 Å². The van der Waals surface area contributed by atoms with Crippen molar-refractivity contribution in [1.29, 1.82) is 0 Å². The highest BCUT2D eigenvalue weighted by molar-refractivity contribution is 5.71. The van der Waals surface area contributed by atoms with Crippen molar-refractivity contribution in [2.75, 3.05) is 13.2 Å². The molecule has 0 aromatic heterocycles. The minimum absolute atomic E-state index is 0.107. The van der Waals surface area contributed by atoms with E-state index in [0.29, 0.717) is 0 Å². The van der Waals surface area contributed by atoms with Crippen LogP contribution in [0, 0.1) is 0 Å². The molecule has 0 bridgehead atoms. The SMILES string of the molecule is CCOC(=O)COc1ccc(CO)cc1C(F)(F)F. The number of rotatable bonds is 5. The van der Waals surface area contributed by atoms with Gasteiger partial charge in [-0.15, -0.1) is 0 Å². The smallest absolute Gasteiger partial charge is 0.419 e. The summed E-state index contributed by atoms with van der Waals surface area (Å²) < 4.78 is 47.6. The minimum Gasteiger partial charge on any atom is -0.481 e. The molecule has 0 saturated carbocycles. The number of aliphatic hydroxyl groups excluding tert-OH is 1. The fourth-order valence-corrected chi connectivity index (χ4v) is 1.36. The van der Waals surface area contributed by atoms with E-state index in [9.17, 15) is 18.0 Å². The molecule has 0 aliphatic rings. The van der Waals surface area contributed by atoms with Crippen molar-refractivity contribution < 1.29 is 32.5 Å². The maximum absolute atomic E-state index is 12.8. The van der Waals surface area contributed by atoms with Gasteiger partial charge in [-0.05, 0) is 24.6 Å². The van der Waals surface area contributed by atoms with E-state index < -0.39 is 36.7 Å². The van der Waals surface area contributed by atoms with Gasteiger partial charge in [-0.3, -0.25) is 0 Å². The Morgan fingerprint density at radius 2 is 2.05 bits per heavy atom. The molecule has 0 spiro atoms. The summed E-state index contributed by atoms with van der Waals surface area (Å²) in [6.07, 6.45) is -4.63. The third-order valence-corrected chi connectivity index (χ3v) is 2.18. The van der Waals surface area contributed by atoms with E-state index in [4.69, 9.17) is 9.84 Å². The van der Waals surface area contributed by atoms with Gasteiger partial charge in [-0.2, -0.15) is 13.2 Å². The zero-order chi connectivity index (χ0) is 14.5. The fourth-order valence-electron chi connectivity index (χ4n) is 1.36. The number of alkyl halides is 3. The molecule has 0 saturated heterocycles. The van der Waals surface area contributed by atoms with Gasteiger partial charge in [-0.25, -0.2) is 4.79 Å². The number of aliphatic hydroxyl groups is 1. The van der Waals surface area contributed by atoms with E-state index in [-0.39, 0.29) is 12.2 Å². The van der Waals surface area contributed by atoms with Crippen molar-refractivity contribution in [2.45, 2.75) is 19.7 Å². The lowest BCUT2D eigenvalue weighted by atomic mass is 10.1.